The highest BCUT2D eigenvalue weighted by molar-refractivity contribution is 7.47. The number of unbranched alkanes of at least 4 members (excludes halogenated alkanes) is 3. The first kappa shape index (κ1) is 51.4. The molecule has 55 heavy (non-hydrogen) atoms. The lowest BCUT2D eigenvalue weighted by Gasteiger charge is -2.20. The van der Waals surface area contributed by atoms with E-state index in [4.69, 9.17) is 19.1 Å². The predicted octanol–water partition coefficient (Wildman–Crippen LogP) is 9.99. The van der Waals surface area contributed by atoms with Gasteiger partial charge in [-0.15, -0.1) is 0 Å². The van der Waals surface area contributed by atoms with Gasteiger partial charge in [-0.2, -0.15) is 0 Å². The minimum Gasteiger partial charge on any atom is -0.462 e. The summed E-state index contributed by atoms with van der Waals surface area (Å²) < 4.78 is 32.5. The average Bonchev–Trinajstić information content (AvgIpc) is 3.17. The third kappa shape index (κ3) is 38.4. The molecule has 0 heterocycles. The standard InChI is InChI=1S/C44H67O10P/c1-3-5-7-9-11-13-15-17-18-19-20-21-22-24-25-27-29-31-33-35-43(47)51-39-42(40-53-55(49,50)52-38-41(46)37-45)54-44(48)36-34-32-30-28-26-23-16-14-12-10-8-6-4-2/h5-8,10-14,16-18,20-21,23-26,29,31,41-42,45-46H,3-4,9,15,19,22,27-28,30,32-40H2,1-2H3,(H,49,50)/b7-5+,8-6+,12-10+,13-11+,16-14+,18-17+,21-20+,25-24+,26-23+,31-29+/t41-,42?/m1/s1. The van der Waals surface area contributed by atoms with Gasteiger partial charge in [0.25, 0.3) is 0 Å². The monoisotopic (exact) mass is 786 g/mol. The van der Waals surface area contributed by atoms with Gasteiger partial charge in [0.1, 0.15) is 12.7 Å². The van der Waals surface area contributed by atoms with Crippen molar-refractivity contribution in [1.29, 1.82) is 0 Å². The number of aliphatic hydroxyl groups is 2. The SMILES string of the molecule is CC/C=C/C=C/C=C/C=C/CCCCCC(=O)OC(COC(=O)CC/C=C/C/C=C/C/C=C/C/C=C/C/C=C/C/C=C/CC)COP(=O)(O)OC[C@H](O)CO. The molecule has 11 heteroatoms. The van der Waals surface area contributed by atoms with E-state index in [9.17, 15) is 24.2 Å². The first-order valence-electron chi connectivity index (χ1n) is 19.5. The number of phosphoric acid groups is 1. The summed E-state index contributed by atoms with van der Waals surface area (Å²) >= 11 is 0. The Morgan fingerprint density at radius 1 is 0.564 bits per heavy atom. The lowest BCUT2D eigenvalue weighted by Crippen LogP contribution is -2.29. The van der Waals surface area contributed by atoms with Gasteiger partial charge in [-0.25, -0.2) is 4.57 Å². The van der Waals surface area contributed by atoms with Gasteiger partial charge in [0.05, 0.1) is 19.8 Å². The molecule has 308 valence electrons. The molecule has 0 amide bonds. The van der Waals surface area contributed by atoms with Gasteiger partial charge < -0.3 is 24.6 Å². The van der Waals surface area contributed by atoms with Crippen molar-refractivity contribution in [2.45, 2.75) is 116 Å². The van der Waals surface area contributed by atoms with E-state index in [0.717, 1.165) is 64.2 Å². The molecule has 0 aliphatic rings. The first-order valence-corrected chi connectivity index (χ1v) is 21.0. The number of esters is 2. The molecule has 0 spiro atoms. The summed E-state index contributed by atoms with van der Waals surface area (Å²) in [5.74, 6) is -1.09. The topological polar surface area (TPSA) is 149 Å². The van der Waals surface area contributed by atoms with Crippen molar-refractivity contribution < 1.29 is 47.8 Å². The van der Waals surface area contributed by atoms with E-state index in [1.54, 1.807) is 0 Å². The molecular formula is C44H67O10P. The number of rotatable bonds is 34. The van der Waals surface area contributed by atoms with Crippen LogP contribution in [0.5, 0.6) is 0 Å². The molecule has 0 aromatic carbocycles. The predicted molar refractivity (Wildman–Crippen MR) is 223 cm³/mol. The van der Waals surface area contributed by atoms with Crippen LogP contribution in [0, 0.1) is 0 Å². The second kappa shape index (κ2) is 38.6. The van der Waals surface area contributed by atoms with Gasteiger partial charge >= 0.3 is 19.8 Å². The van der Waals surface area contributed by atoms with Crippen molar-refractivity contribution in [2.24, 2.45) is 0 Å². The molecule has 0 aromatic heterocycles. The molecule has 3 atom stereocenters. The highest BCUT2D eigenvalue weighted by Crippen LogP contribution is 2.43. The normalized spacial score (nSPS) is 15.2. The number of hydrogen-bond acceptors (Lipinski definition) is 9. The van der Waals surface area contributed by atoms with Crippen molar-refractivity contribution in [2.75, 3.05) is 26.4 Å². The smallest absolute Gasteiger partial charge is 0.462 e. The molecule has 0 radical (unpaired) electrons. The molecule has 0 aliphatic carbocycles. The van der Waals surface area contributed by atoms with Crippen LogP contribution >= 0.6 is 7.82 Å². The third-order valence-electron chi connectivity index (χ3n) is 7.22. The quantitative estimate of drug-likeness (QED) is 0.0189. The van der Waals surface area contributed by atoms with E-state index < -0.39 is 51.8 Å². The Labute approximate surface area is 330 Å². The highest BCUT2D eigenvalue weighted by Gasteiger charge is 2.27. The van der Waals surface area contributed by atoms with E-state index in [1.807, 2.05) is 48.6 Å². The van der Waals surface area contributed by atoms with Gasteiger partial charge in [0.2, 0.25) is 0 Å². The fraction of sp³-hybridized carbons (Fsp3) is 0.500. The molecule has 0 fully saturated rings. The minimum absolute atomic E-state index is 0.0988. The summed E-state index contributed by atoms with van der Waals surface area (Å²) in [4.78, 5) is 34.8. The van der Waals surface area contributed by atoms with Gasteiger partial charge in [-0.05, 0) is 70.6 Å². The van der Waals surface area contributed by atoms with Crippen LogP contribution in [0.3, 0.4) is 0 Å². The number of ether oxygens (including phenoxy) is 2. The lowest BCUT2D eigenvalue weighted by atomic mass is 10.1. The van der Waals surface area contributed by atoms with Crippen molar-refractivity contribution in [3.8, 4) is 0 Å². The maximum absolute atomic E-state index is 12.5. The lowest BCUT2D eigenvalue weighted by molar-refractivity contribution is -0.161. The van der Waals surface area contributed by atoms with Crippen LogP contribution < -0.4 is 0 Å². The summed E-state index contributed by atoms with van der Waals surface area (Å²) in [6.07, 6.45) is 49.0. The molecule has 10 nitrogen and oxygen atoms in total. The van der Waals surface area contributed by atoms with Crippen LogP contribution in [-0.4, -0.2) is 65.7 Å². The van der Waals surface area contributed by atoms with E-state index in [-0.39, 0.29) is 19.4 Å². The van der Waals surface area contributed by atoms with Crippen molar-refractivity contribution in [3.63, 3.8) is 0 Å². The maximum Gasteiger partial charge on any atom is 0.472 e. The Morgan fingerprint density at radius 2 is 1.07 bits per heavy atom. The number of phosphoric ester groups is 1. The Kier molecular flexibility index (Phi) is 36.1. The van der Waals surface area contributed by atoms with Crippen LogP contribution in [0.1, 0.15) is 104 Å². The number of allylic oxidation sites excluding steroid dienone is 20. The van der Waals surface area contributed by atoms with Gasteiger partial charge in [0, 0.05) is 12.8 Å². The maximum atomic E-state index is 12.5. The number of hydrogen-bond donors (Lipinski definition) is 3. The molecule has 0 bridgehead atoms. The molecule has 0 aliphatic heterocycles. The molecule has 0 saturated heterocycles. The zero-order valence-electron chi connectivity index (χ0n) is 33.1. The van der Waals surface area contributed by atoms with Crippen molar-refractivity contribution in [3.05, 3.63) is 122 Å². The summed E-state index contributed by atoms with van der Waals surface area (Å²) in [6, 6.07) is 0. The number of aliphatic hydroxyl groups excluding tert-OH is 2. The summed E-state index contributed by atoms with van der Waals surface area (Å²) in [7, 11) is -4.65. The number of carbonyl (C=O) groups excluding carboxylic acids is 2. The first-order chi connectivity index (χ1) is 26.7. The minimum atomic E-state index is -4.65. The molecule has 2 unspecified atom stereocenters. The van der Waals surface area contributed by atoms with Crippen LogP contribution in [0.15, 0.2) is 122 Å². The van der Waals surface area contributed by atoms with Gasteiger partial charge in [-0.3, -0.25) is 18.6 Å². The molecule has 0 rings (SSSR count). The Balaban J connectivity index is 4.56. The number of carbonyl (C=O) groups is 2. The molecule has 0 aromatic rings. The summed E-state index contributed by atoms with van der Waals surface area (Å²) in [5, 5.41) is 18.3. The van der Waals surface area contributed by atoms with E-state index in [1.165, 1.54) is 0 Å². The second-order valence-electron chi connectivity index (χ2n) is 12.3. The molecule has 3 N–H and O–H groups in total. The van der Waals surface area contributed by atoms with Crippen LogP contribution in [-0.2, 0) is 32.7 Å². The fourth-order valence-electron chi connectivity index (χ4n) is 4.26. The van der Waals surface area contributed by atoms with Crippen molar-refractivity contribution in [1.82, 2.24) is 0 Å². The van der Waals surface area contributed by atoms with Crippen molar-refractivity contribution >= 4 is 19.8 Å². The van der Waals surface area contributed by atoms with Crippen LogP contribution in [0.2, 0.25) is 0 Å². The Bertz CT molecular complexity index is 1320. The molecular weight excluding hydrogens is 719 g/mol. The zero-order valence-corrected chi connectivity index (χ0v) is 34.0. The summed E-state index contributed by atoms with van der Waals surface area (Å²) in [6.45, 7) is 1.94. The second-order valence-corrected chi connectivity index (χ2v) is 13.7. The fourth-order valence-corrected chi connectivity index (χ4v) is 5.05. The van der Waals surface area contributed by atoms with Crippen LogP contribution in [0.25, 0.3) is 0 Å². The van der Waals surface area contributed by atoms with Gasteiger partial charge in [0.15, 0.2) is 6.10 Å². The van der Waals surface area contributed by atoms with E-state index in [2.05, 4.69) is 91.3 Å². The Hall–Kier alpha value is -3.63. The van der Waals surface area contributed by atoms with E-state index >= 15 is 0 Å². The van der Waals surface area contributed by atoms with Gasteiger partial charge in [-0.1, -0.05) is 142 Å². The third-order valence-corrected chi connectivity index (χ3v) is 8.17. The average molecular weight is 787 g/mol. The largest absolute Gasteiger partial charge is 0.472 e. The molecule has 0 saturated carbocycles. The van der Waals surface area contributed by atoms with E-state index in [0.29, 0.717) is 12.8 Å². The summed E-state index contributed by atoms with van der Waals surface area (Å²) in [5.41, 5.74) is 0. The highest BCUT2D eigenvalue weighted by atomic mass is 31.2. The zero-order chi connectivity index (χ0) is 40.5. The Morgan fingerprint density at radius 3 is 1.64 bits per heavy atom. The van der Waals surface area contributed by atoms with Crippen LogP contribution in [0.4, 0.5) is 0 Å².